The Morgan fingerprint density at radius 3 is 3.16 bits per heavy atom. The molecule has 0 amide bonds. The van der Waals surface area contributed by atoms with Crippen LogP contribution in [0.4, 0.5) is 0 Å². The van der Waals surface area contributed by atoms with E-state index >= 15 is 0 Å². The van der Waals surface area contributed by atoms with Crippen LogP contribution in [0.15, 0.2) is 53.5 Å². The van der Waals surface area contributed by atoms with Gasteiger partial charge in [-0.2, -0.15) is 4.40 Å². The zero-order chi connectivity index (χ0) is 12.4. The van der Waals surface area contributed by atoms with E-state index < -0.39 is 0 Å². The average molecular weight is 248 g/mol. The molecule has 4 aromatic rings. The maximum Gasteiger partial charge on any atom is 0.344 e. The Balaban J connectivity index is 1.97. The predicted octanol–water partition coefficient (Wildman–Crippen LogP) is 2.40. The normalized spacial score (nSPS) is 13.1. The number of hydrogen-bond acceptors (Lipinski definition) is 2. The van der Waals surface area contributed by atoms with Crippen molar-refractivity contribution in [3.8, 4) is 11.3 Å². The Labute approximate surface area is 108 Å². The zero-order valence-corrected chi connectivity index (χ0v) is 10.1. The monoisotopic (exact) mass is 248 g/mol. The van der Waals surface area contributed by atoms with Crippen molar-refractivity contribution in [2.45, 2.75) is 6.54 Å². The second-order valence-electron chi connectivity index (χ2n) is 4.87. The van der Waals surface area contributed by atoms with Crippen LogP contribution < -0.4 is 4.57 Å². The summed E-state index contributed by atoms with van der Waals surface area (Å²) in [4.78, 5) is 4.17. The third kappa shape index (κ3) is 1.04. The number of rotatable bonds is 0. The Morgan fingerprint density at radius 1 is 1.21 bits per heavy atom. The minimum Gasteiger partial charge on any atom is -0.415 e. The molecule has 3 aromatic heterocycles. The van der Waals surface area contributed by atoms with Gasteiger partial charge in [0.05, 0.1) is 6.20 Å². The van der Waals surface area contributed by atoms with E-state index in [1.165, 1.54) is 11.1 Å². The van der Waals surface area contributed by atoms with Crippen molar-refractivity contribution in [3.05, 3.63) is 54.6 Å². The quantitative estimate of drug-likeness (QED) is 0.394. The van der Waals surface area contributed by atoms with Crippen LogP contribution in [0.25, 0.3) is 28.1 Å². The maximum absolute atomic E-state index is 5.99. The molecule has 5 rings (SSSR count). The minimum absolute atomic E-state index is 0.873. The molecule has 0 fully saturated rings. The van der Waals surface area contributed by atoms with Crippen LogP contribution in [0.2, 0.25) is 0 Å². The molecule has 0 N–H and O–H groups in total. The molecule has 4 nitrogen and oxygen atoms in total. The van der Waals surface area contributed by atoms with Crippen LogP contribution in [0.1, 0.15) is 5.56 Å². The molecular formula is C15H10N3O+. The van der Waals surface area contributed by atoms with Gasteiger partial charge in [0, 0.05) is 23.4 Å². The summed E-state index contributed by atoms with van der Waals surface area (Å²) < 4.78 is 10.3. The van der Waals surface area contributed by atoms with Crippen molar-refractivity contribution in [1.82, 2.24) is 9.38 Å². The molecule has 0 saturated carbocycles. The fourth-order valence-corrected chi connectivity index (χ4v) is 2.96. The third-order valence-corrected chi connectivity index (χ3v) is 3.80. The first-order valence-corrected chi connectivity index (χ1v) is 6.27. The highest BCUT2D eigenvalue weighted by molar-refractivity contribution is 5.82. The van der Waals surface area contributed by atoms with E-state index in [2.05, 4.69) is 44.5 Å². The number of fused-ring (bicyclic) bond motifs is 7. The number of oxazole rings is 1. The summed E-state index contributed by atoms with van der Waals surface area (Å²) >= 11 is 0. The first-order chi connectivity index (χ1) is 9.42. The van der Waals surface area contributed by atoms with Crippen molar-refractivity contribution in [2.75, 3.05) is 0 Å². The highest BCUT2D eigenvalue weighted by Crippen LogP contribution is 2.33. The average Bonchev–Trinajstić information content (AvgIpc) is 3.05. The van der Waals surface area contributed by atoms with Crippen molar-refractivity contribution in [1.29, 1.82) is 0 Å². The summed E-state index contributed by atoms with van der Waals surface area (Å²) in [6.07, 6.45) is 5.69. The van der Waals surface area contributed by atoms with Gasteiger partial charge in [0.1, 0.15) is 6.54 Å². The number of benzene rings is 1. The lowest BCUT2D eigenvalue weighted by molar-refractivity contribution is -0.671. The Kier molecular flexibility index (Phi) is 1.49. The van der Waals surface area contributed by atoms with Gasteiger partial charge in [-0.05, 0) is 6.07 Å². The fraction of sp³-hybridized carbons (Fsp3) is 0.0667. The zero-order valence-electron chi connectivity index (χ0n) is 10.1. The number of pyridine rings is 1. The lowest BCUT2D eigenvalue weighted by Crippen LogP contribution is -2.29. The minimum atomic E-state index is 0.873. The number of imidazole rings is 1. The molecule has 1 aromatic carbocycles. The summed E-state index contributed by atoms with van der Waals surface area (Å²) in [5.41, 5.74) is 6.55. The SMILES string of the molecule is c1ccc2c(c1)C[n+]1cn3c(oc4ccncc43)c1-2. The van der Waals surface area contributed by atoms with E-state index in [-0.39, 0.29) is 0 Å². The van der Waals surface area contributed by atoms with Crippen LogP contribution in [0, 0.1) is 0 Å². The fourth-order valence-electron chi connectivity index (χ4n) is 2.96. The molecule has 4 heteroatoms. The second kappa shape index (κ2) is 3.03. The molecule has 0 aliphatic carbocycles. The highest BCUT2D eigenvalue weighted by Gasteiger charge is 2.32. The number of hydrogen-bond donors (Lipinski definition) is 0. The van der Waals surface area contributed by atoms with Gasteiger partial charge in [-0.15, -0.1) is 0 Å². The Morgan fingerprint density at radius 2 is 2.16 bits per heavy atom. The van der Waals surface area contributed by atoms with Crippen LogP contribution >= 0.6 is 0 Å². The van der Waals surface area contributed by atoms with Gasteiger partial charge in [-0.1, -0.05) is 18.2 Å². The molecule has 4 heterocycles. The summed E-state index contributed by atoms with van der Waals surface area (Å²) in [6.45, 7) is 0.907. The van der Waals surface area contributed by atoms with Crippen molar-refractivity contribution in [3.63, 3.8) is 0 Å². The van der Waals surface area contributed by atoms with Gasteiger partial charge in [0.25, 0.3) is 6.33 Å². The van der Waals surface area contributed by atoms with Crippen molar-refractivity contribution in [2.24, 2.45) is 0 Å². The Bertz CT molecular complexity index is 949. The lowest BCUT2D eigenvalue weighted by Gasteiger charge is -1.91. The van der Waals surface area contributed by atoms with Gasteiger partial charge >= 0.3 is 5.71 Å². The standard InChI is InChI=1S/C15H10N3O/c1-2-4-11-10(3-1)8-17-9-18-12-7-16-6-5-13(12)19-15(18)14(11)17/h1-7,9H,8H2/q+1. The molecule has 19 heavy (non-hydrogen) atoms. The van der Waals surface area contributed by atoms with Crippen LogP contribution in [-0.4, -0.2) is 9.38 Å². The summed E-state index contributed by atoms with van der Waals surface area (Å²) in [5.74, 6) is 0. The highest BCUT2D eigenvalue weighted by atomic mass is 16.3. The summed E-state index contributed by atoms with van der Waals surface area (Å²) in [6, 6.07) is 10.4. The lowest BCUT2D eigenvalue weighted by atomic mass is 10.1. The van der Waals surface area contributed by atoms with Crippen LogP contribution in [0.3, 0.4) is 0 Å². The van der Waals surface area contributed by atoms with Gasteiger partial charge in [0.2, 0.25) is 5.69 Å². The molecule has 0 unspecified atom stereocenters. The predicted molar refractivity (Wildman–Crippen MR) is 69.7 cm³/mol. The largest absolute Gasteiger partial charge is 0.415 e. The first kappa shape index (κ1) is 9.33. The van der Waals surface area contributed by atoms with E-state index in [0.717, 1.165) is 29.1 Å². The number of nitrogens with zero attached hydrogens (tertiary/aromatic N) is 3. The molecule has 1 aliphatic heterocycles. The third-order valence-electron chi connectivity index (χ3n) is 3.80. The van der Waals surface area contributed by atoms with Crippen molar-refractivity contribution < 1.29 is 8.98 Å². The van der Waals surface area contributed by atoms with E-state index in [9.17, 15) is 0 Å². The molecule has 1 aliphatic rings. The van der Waals surface area contributed by atoms with Crippen molar-refractivity contribution >= 4 is 16.8 Å². The van der Waals surface area contributed by atoms with Gasteiger partial charge in [-0.3, -0.25) is 4.98 Å². The molecular weight excluding hydrogens is 238 g/mol. The van der Waals surface area contributed by atoms with Crippen LogP contribution in [0.5, 0.6) is 0 Å². The molecule has 0 atom stereocenters. The van der Waals surface area contributed by atoms with Gasteiger partial charge < -0.3 is 4.42 Å². The van der Waals surface area contributed by atoms with E-state index in [1.807, 2.05) is 12.3 Å². The van der Waals surface area contributed by atoms with E-state index in [4.69, 9.17) is 4.42 Å². The smallest absolute Gasteiger partial charge is 0.344 e. The summed E-state index contributed by atoms with van der Waals surface area (Å²) in [5, 5.41) is 0. The van der Waals surface area contributed by atoms with Gasteiger partial charge in [0.15, 0.2) is 11.1 Å². The number of aromatic nitrogens is 3. The molecule has 0 radical (unpaired) electrons. The van der Waals surface area contributed by atoms with Gasteiger partial charge in [-0.25, -0.2) is 4.57 Å². The van der Waals surface area contributed by atoms with E-state index in [1.54, 1.807) is 6.20 Å². The molecule has 90 valence electrons. The topological polar surface area (TPSA) is 34.3 Å². The Hall–Kier alpha value is -2.62. The maximum atomic E-state index is 5.99. The molecule has 0 spiro atoms. The first-order valence-electron chi connectivity index (χ1n) is 6.27. The molecule has 0 saturated heterocycles. The van der Waals surface area contributed by atoms with Crippen LogP contribution in [-0.2, 0) is 6.54 Å². The second-order valence-corrected chi connectivity index (χ2v) is 4.87. The van der Waals surface area contributed by atoms with E-state index in [0.29, 0.717) is 0 Å². The summed E-state index contributed by atoms with van der Waals surface area (Å²) in [7, 11) is 0. The molecule has 0 bridgehead atoms.